The molecule has 2 aliphatic heterocycles. The number of halogens is 1. The normalized spacial score (nSPS) is 13.7. The third kappa shape index (κ3) is 10.1. The zero-order valence-electron chi connectivity index (χ0n) is 32.5. The van der Waals surface area contributed by atoms with E-state index < -0.39 is 11.9 Å². The minimum atomic E-state index is -1.04. The zero-order valence-corrected chi connectivity index (χ0v) is 33.2. The van der Waals surface area contributed by atoms with Gasteiger partial charge in [0.1, 0.15) is 0 Å². The van der Waals surface area contributed by atoms with Crippen LogP contribution in [0.3, 0.4) is 0 Å². The first-order chi connectivity index (χ1) is 28.4. The molecular weight excluding hydrogens is 776 g/mol. The summed E-state index contributed by atoms with van der Waals surface area (Å²) in [7, 11) is 0. The van der Waals surface area contributed by atoms with Gasteiger partial charge in [-0.1, -0.05) is 59.1 Å². The van der Waals surface area contributed by atoms with Crippen LogP contribution in [0.5, 0.6) is 0 Å². The molecule has 0 saturated carbocycles. The number of nitrogens with one attached hydrogen (secondary N) is 1. The van der Waals surface area contributed by atoms with E-state index in [4.69, 9.17) is 31.9 Å². The lowest BCUT2D eigenvalue weighted by Gasteiger charge is -2.28. The molecule has 0 aliphatic carbocycles. The average molecular weight is 819 g/mol. The number of carboxylic acids is 2. The van der Waals surface area contributed by atoms with E-state index in [-0.39, 0.29) is 22.9 Å². The van der Waals surface area contributed by atoms with E-state index in [1.54, 1.807) is 58.6 Å². The molecule has 2 saturated heterocycles. The maximum absolute atomic E-state index is 13.2. The smallest absolute Gasteiger partial charge is 0.337 e. The van der Waals surface area contributed by atoms with Crippen LogP contribution in [-0.2, 0) is 9.47 Å². The van der Waals surface area contributed by atoms with Crippen LogP contribution in [-0.4, -0.2) is 106 Å². The number of hydrogen-bond acceptors (Lipinski definition) is 10. The number of amides is 2. The summed E-state index contributed by atoms with van der Waals surface area (Å²) in [5, 5.41) is 23.3. The molecular formula is C44H43ClN6O8. The van der Waals surface area contributed by atoms with E-state index >= 15 is 0 Å². The molecule has 59 heavy (non-hydrogen) atoms. The molecule has 2 fully saturated rings. The van der Waals surface area contributed by atoms with Crippen LogP contribution in [0.25, 0.3) is 21.8 Å². The SMILES string of the molecule is Cc1ccc2ncc(C(=O)N3CCOCC3)c(Cl)c2c1.Cc1ccc2ncc(C(=O)N3CCOCC3)c(Nc3ccccc3C(=O)O)c2c1.Nc1ccccc1C(=O)O. The lowest BCUT2D eigenvalue weighted by atomic mass is 10.0. The molecule has 2 aromatic heterocycles. The van der Waals surface area contributed by atoms with Gasteiger partial charge in [0.2, 0.25) is 0 Å². The molecule has 4 aromatic carbocycles. The predicted molar refractivity (Wildman–Crippen MR) is 226 cm³/mol. The summed E-state index contributed by atoms with van der Waals surface area (Å²) >= 11 is 6.41. The number of pyridine rings is 2. The highest BCUT2D eigenvalue weighted by atomic mass is 35.5. The Balaban J connectivity index is 0.000000168. The monoisotopic (exact) mass is 818 g/mol. The largest absolute Gasteiger partial charge is 0.478 e. The second-order valence-corrected chi connectivity index (χ2v) is 14.1. The van der Waals surface area contributed by atoms with Crippen molar-refractivity contribution in [3.63, 3.8) is 0 Å². The summed E-state index contributed by atoms with van der Waals surface area (Å²) in [6.07, 6.45) is 3.12. The summed E-state index contributed by atoms with van der Waals surface area (Å²) in [5.41, 5.74) is 11.4. The molecule has 4 heterocycles. The average Bonchev–Trinajstić information content (AvgIpc) is 3.25. The number of benzene rings is 4. The zero-order chi connectivity index (χ0) is 42.1. The fraction of sp³-hybridized carbons (Fsp3) is 0.227. The van der Waals surface area contributed by atoms with Gasteiger partial charge in [-0.2, -0.15) is 0 Å². The molecule has 0 atom stereocenters. The van der Waals surface area contributed by atoms with Gasteiger partial charge in [-0.3, -0.25) is 19.6 Å². The number of ether oxygens (including phenoxy) is 2. The molecule has 5 N–H and O–H groups in total. The van der Waals surface area contributed by atoms with Crippen molar-refractivity contribution in [1.29, 1.82) is 0 Å². The Morgan fingerprint density at radius 2 is 1.12 bits per heavy atom. The number of fused-ring (bicyclic) bond motifs is 2. The Morgan fingerprint density at radius 1 is 0.644 bits per heavy atom. The number of rotatable bonds is 6. The van der Waals surface area contributed by atoms with E-state index in [2.05, 4.69) is 15.3 Å². The highest BCUT2D eigenvalue weighted by molar-refractivity contribution is 6.38. The molecule has 2 aliphatic rings. The topological polar surface area (TPSA) is 198 Å². The van der Waals surface area contributed by atoms with Gasteiger partial charge in [-0.15, -0.1) is 0 Å². The first-order valence-electron chi connectivity index (χ1n) is 18.8. The maximum atomic E-state index is 13.2. The Kier molecular flexibility index (Phi) is 13.7. The van der Waals surface area contributed by atoms with Gasteiger partial charge in [-0.05, 0) is 62.4 Å². The van der Waals surface area contributed by atoms with Crippen LogP contribution in [0.15, 0.2) is 97.3 Å². The van der Waals surface area contributed by atoms with Crippen molar-refractivity contribution >= 4 is 74.2 Å². The first-order valence-corrected chi connectivity index (χ1v) is 19.2. The van der Waals surface area contributed by atoms with Gasteiger partial charge in [-0.25, -0.2) is 9.59 Å². The number of carbonyl (C=O) groups excluding carboxylic acids is 2. The molecule has 304 valence electrons. The number of aromatic nitrogens is 2. The number of para-hydroxylation sites is 2. The molecule has 0 spiro atoms. The number of hydrogen-bond donors (Lipinski definition) is 4. The number of nitrogens with zero attached hydrogens (tertiary/aromatic N) is 4. The predicted octanol–water partition coefficient (Wildman–Crippen LogP) is 7.09. The van der Waals surface area contributed by atoms with Crippen molar-refractivity contribution in [3.8, 4) is 0 Å². The third-order valence-corrected chi connectivity index (χ3v) is 10.1. The number of nitrogens with two attached hydrogens (primary N) is 1. The summed E-state index contributed by atoms with van der Waals surface area (Å²) in [6, 6.07) is 24.7. The Morgan fingerprint density at radius 3 is 1.66 bits per heavy atom. The number of morpholine rings is 2. The number of carbonyl (C=O) groups is 4. The number of nitrogen functional groups attached to an aromatic ring is 1. The number of carboxylic acid groups (broad SMARTS) is 2. The molecule has 0 radical (unpaired) electrons. The summed E-state index contributed by atoms with van der Waals surface area (Å²) < 4.78 is 10.6. The van der Waals surface area contributed by atoms with Crippen molar-refractivity contribution in [2.24, 2.45) is 0 Å². The fourth-order valence-electron chi connectivity index (χ4n) is 6.51. The summed E-state index contributed by atoms with van der Waals surface area (Å²) in [6.45, 7) is 8.31. The first kappa shape index (κ1) is 42.0. The molecule has 2 amide bonds. The van der Waals surface area contributed by atoms with Crippen molar-refractivity contribution in [2.45, 2.75) is 13.8 Å². The fourth-order valence-corrected chi connectivity index (χ4v) is 6.79. The summed E-state index contributed by atoms with van der Waals surface area (Å²) in [5.74, 6) is -2.25. The molecule has 6 aromatic rings. The Labute approximate surface area is 345 Å². The molecule has 0 unspecified atom stereocenters. The van der Waals surface area contributed by atoms with Gasteiger partial charge >= 0.3 is 11.9 Å². The van der Waals surface area contributed by atoms with Gasteiger partial charge < -0.3 is 40.5 Å². The van der Waals surface area contributed by atoms with Crippen LogP contribution in [0, 0.1) is 13.8 Å². The minimum Gasteiger partial charge on any atom is -0.478 e. The molecule has 8 rings (SSSR count). The van der Waals surface area contributed by atoms with Crippen molar-refractivity contribution in [3.05, 3.63) is 136 Å². The minimum absolute atomic E-state index is 0.0748. The molecule has 14 nitrogen and oxygen atoms in total. The Bertz CT molecular complexity index is 2520. The lowest BCUT2D eigenvalue weighted by molar-refractivity contribution is 0.0301. The molecule has 0 bridgehead atoms. The lowest BCUT2D eigenvalue weighted by Crippen LogP contribution is -2.41. The van der Waals surface area contributed by atoms with Crippen molar-refractivity contribution in [1.82, 2.24) is 19.8 Å². The number of aryl methyl sites for hydroxylation is 2. The van der Waals surface area contributed by atoms with Crippen LogP contribution >= 0.6 is 11.6 Å². The third-order valence-electron chi connectivity index (χ3n) is 9.65. The van der Waals surface area contributed by atoms with E-state index in [0.29, 0.717) is 85.8 Å². The number of aromatic carboxylic acids is 2. The van der Waals surface area contributed by atoms with Crippen LogP contribution < -0.4 is 11.1 Å². The second-order valence-electron chi connectivity index (χ2n) is 13.8. The van der Waals surface area contributed by atoms with Gasteiger partial charge in [0.25, 0.3) is 11.8 Å². The van der Waals surface area contributed by atoms with E-state index in [1.165, 1.54) is 12.1 Å². The maximum Gasteiger partial charge on any atom is 0.337 e. The quantitative estimate of drug-likeness (QED) is 0.125. The van der Waals surface area contributed by atoms with E-state index in [0.717, 1.165) is 32.9 Å². The summed E-state index contributed by atoms with van der Waals surface area (Å²) in [4.78, 5) is 60.0. The van der Waals surface area contributed by atoms with Crippen molar-refractivity contribution < 1.29 is 38.9 Å². The van der Waals surface area contributed by atoms with Gasteiger partial charge in [0.15, 0.2) is 0 Å². The van der Waals surface area contributed by atoms with Gasteiger partial charge in [0, 0.05) is 55.0 Å². The van der Waals surface area contributed by atoms with Crippen LogP contribution in [0.4, 0.5) is 17.1 Å². The van der Waals surface area contributed by atoms with Crippen molar-refractivity contribution in [2.75, 3.05) is 63.7 Å². The van der Waals surface area contributed by atoms with Crippen LogP contribution in [0.2, 0.25) is 5.02 Å². The highest BCUT2D eigenvalue weighted by Crippen LogP contribution is 2.32. The van der Waals surface area contributed by atoms with E-state index in [1.807, 2.05) is 50.2 Å². The van der Waals surface area contributed by atoms with Crippen LogP contribution in [0.1, 0.15) is 52.6 Å². The van der Waals surface area contributed by atoms with E-state index in [9.17, 15) is 24.3 Å². The Hall–Kier alpha value is -6.61. The second kappa shape index (κ2) is 19.2. The molecule has 15 heteroatoms. The number of anilines is 3. The standard InChI is InChI=1S/C22H21N3O4.C15H15ClN2O2.C7H7NO2/c1-14-6-7-18-16(12-14)20(24-19-5-3-2-4-15(19)22(27)28)17(13-23-18)21(26)25-8-10-29-11-9-25;1-10-2-3-13-11(8-10)14(16)12(9-17-13)15(19)18-4-6-20-7-5-18;8-6-4-2-1-3-5(6)7(9)10/h2-7,12-13H,8-11H2,1H3,(H,23,24)(H,27,28);2-3,8-9H,4-7H2,1H3;1-4H,8H2,(H,9,10). The highest BCUT2D eigenvalue weighted by Gasteiger charge is 2.25. The van der Waals surface area contributed by atoms with Gasteiger partial charge in [0.05, 0.1) is 76.1 Å².